The zero-order valence-electron chi connectivity index (χ0n) is 6.62. The predicted octanol–water partition coefficient (Wildman–Crippen LogP) is 1.02. The molecule has 2 heterocycles. The molecule has 0 bridgehead atoms. The summed E-state index contributed by atoms with van der Waals surface area (Å²) in [6, 6.07) is 0. The van der Waals surface area contributed by atoms with Gasteiger partial charge in [-0.1, -0.05) is 0 Å². The van der Waals surface area contributed by atoms with Crippen molar-refractivity contribution in [2.45, 2.75) is 32.4 Å². The maximum Gasteiger partial charge on any atom is 0.0960 e. The van der Waals surface area contributed by atoms with Crippen LogP contribution in [0.5, 0.6) is 0 Å². The summed E-state index contributed by atoms with van der Waals surface area (Å²) in [6.07, 6.45) is 3.46. The van der Waals surface area contributed by atoms with Crippen molar-refractivity contribution in [2.75, 3.05) is 0 Å². The number of hydrogen-bond donors (Lipinski definition) is 1. The second-order valence-corrected chi connectivity index (χ2v) is 3.09. The summed E-state index contributed by atoms with van der Waals surface area (Å²) in [5.41, 5.74) is 2.12. The van der Waals surface area contributed by atoms with Crippen molar-refractivity contribution in [2.24, 2.45) is 0 Å². The highest BCUT2D eigenvalue weighted by Gasteiger charge is 2.20. The van der Waals surface area contributed by atoms with Gasteiger partial charge in [-0.2, -0.15) is 5.10 Å². The van der Waals surface area contributed by atoms with Gasteiger partial charge in [0.05, 0.1) is 18.0 Å². The highest BCUT2D eigenvalue weighted by molar-refractivity contribution is 5.19. The zero-order valence-corrected chi connectivity index (χ0v) is 6.62. The number of nitrogens with zero attached hydrogens (tertiary/aromatic N) is 2. The van der Waals surface area contributed by atoms with E-state index in [0.29, 0.717) is 0 Å². The van der Waals surface area contributed by atoms with Crippen molar-refractivity contribution in [3.05, 3.63) is 17.5 Å². The van der Waals surface area contributed by atoms with Crippen molar-refractivity contribution >= 4 is 0 Å². The first-order valence-corrected chi connectivity index (χ1v) is 3.99. The van der Waals surface area contributed by atoms with Crippen molar-refractivity contribution in [3.63, 3.8) is 0 Å². The van der Waals surface area contributed by atoms with E-state index >= 15 is 0 Å². The molecule has 3 nitrogen and oxygen atoms in total. The third-order valence-corrected chi connectivity index (χ3v) is 2.24. The van der Waals surface area contributed by atoms with Gasteiger partial charge in [-0.05, 0) is 25.3 Å². The van der Waals surface area contributed by atoms with Crippen LogP contribution >= 0.6 is 0 Å². The minimum Gasteiger partial charge on any atom is -0.387 e. The van der Waals surface area contributed by atoms with E-state index in [1.165, 1.54) is 0 Å². The SMILES string of the molecule is Cc1cnn2c1C(O)CCC2. The van der Waals surface area contributed by atoms with Gasteiger partial charge in [0.2, 0.25) is 0 Å². The van der Waals surface area contributed by atoms with Crippen LogP contribution in [0.25, 0.3) is 0 Å². The van der Waals surface area contributed by atoms with E-state index in [2.05, 4.69) is 5.10 Å². The predicted molar refractivity (Wildman–Crippen MR) is 41.2 cm³/mol. The molecule has 1 unspecified atom stereocenters. The lowest BCUT2D eigenvalue weighted by molar-refractivity contribution is 0.134. The van der Waals surface area contributed by atoms with Gasteiger partial charge in [0, 0.05) is 6.54 Å². The number of aliphatic hydroxyl groups excluding tert-OH is 1. The topological polar surface area (TPSA) is 38.0 Å². The molecule has 0 aromatic carbocycles. The summed E-state index contributed by atoms with van der Waals surface area (Å²) >= 11 is 0. The summed E-state index contributed by atoms with van der Waals surface area (Å²) in [6.45, 7) is 2.95. The van der Waals surface area contributed by atoms with E-state index in [-0.39, 0.29) is 6.10 Å². The summed E-state index contributed by atoms with van der Waals surface area (Å²) in [4.78, 5) is 0. The molecular formula is C8H12N2O. The third kappa shape index (κ3) is 0.959. The van der Waals surface area contributed by atoms with Gasteiger partial charge in [0.1, 0.15) is 0 Å². The van der Waals surface area contributed by atoms with E-state index in [9.17, 15) is 5.11 Å². The van der Waals surface area contributed by atoms with Gasteiger partial charge in [-0.3, -0.25) is 4.68 Å². The molecule has 1 aromatic rings. The van der Waals surface area contributed by atoms with Crippen LogP contribution in [0.2, 0.25) is 0 Å². The first-order chi connectivity index (χ1) is 5.29. The van der Waals surface area contributed by atoms with Crippen LogP contribution in [0.4, 0.5) is 0 Å². The molecule has 2 rings (SSSR count). The van der Waals surface area contributed by atoms with Crippen LogP contribution in [0.1, 0.15) is 30.2 Å². The largest absolute Gasteiger partial charge is 0.387 e. The Balaban J connectivity index is 2.48. The molecule has 0 fully saturated rings. The van der Waals surface area contributed by atoms with Gasteiger partial charge in [0.25, 0.3) is 0 Å². The number of aromatic nitrogens is 2. The van der Waals surface area contributed by atoms with Crippen LogP contribution in [0.15, 0.2) is 6.20 Å². The average Bonchev–Trinajstić information content (AvgIpc) is 2.34. The molecule has 0 saturated carbocycles. The Hall–Kier alpha value is -0.830. The monoisotopic (exact) mass is 152 g/mol. The Morgan fingerprint density at radius 3 is 3.27 bits per heavy atom. The van der Waals surface area contributed by atoms with Gasteiger partial charge in [-0.15, -0.1) is 0 Å². The molecule has 1 aromatic heterocycles. The molecule has 1 N–H and O–H groups in total. The van der Waals surface area contributed by atoms with Gasteiger partial charge >= 0.3 is 0 Å². The van der Waals surface area contributed by atoms with Gasteiger partial charge < -0.3 is 5.11 Å². The molecule has 1 atom stereocenters. The number of aliphatic hydroxyl groups is 1. The van der Waals surface area contributed by atoms with E-state index in [1.54, 1.807) is 0 Å². The highest BCUT2D eigenvalue weighted by Crippen LogP contribution is 2.26. The first kappa shape index (κ1) is 6.85. The van der Waals surface area contributed by atoms with Crippen LogP contribution < -0.4 is 0 Å². The quantitative estimate of drug-likeness (QED) is 0.602. The molecule has 0 amide bonds. The van der Waals surface area contributed by atoms with Crippen molar-refractivity contribution in [1.82, 2.24) is 9.78 Å². The van der Waals surface area contributed by atoms with E-state index < -0.39 is 0 Å². The smallest absolute Gasteiger partial charge is 0.0960 e. The number of fused-ring (bicyclic) bond motifs is 1. The molecule has 0 aliphatic carbocycles. The van der Waals surface area contributed by atoms with Crippen LogP contribution in [-0.2, 0) is 6.54 Å². The van der Waals surface area contributed by atoms with E-state index in [4.69, 9.17) is 0 Å². The van der Waals surface area contributed by atoms with Crippen LogP contribution in [-0.4, -0.2) is 14.9 Å². The van der Waals surface area contributed by atoms with E-state index in [0.717, 1.165) is 30.6 Å². The Labute approximate surface area is 65.7 Å². The fraction of sp³-hybridized carbons (Fsp3) is 0.625. The molecule has 0 saturated heterocycles. The van der Waals surface area contributed by atoms with Crippen LogP contribution in [0.3, 0.4) is 0 Å². The fourth-order valence-electron chi connectivity index (χ4n) is 1.67. The van der Waals surface area contributed by atoms with Crippen molar-refractivity contribution in [1.29, 1.82) is 0 Å². The Morgan fingerprint density at radius 1 is 1.73 bits per heavy atom. The number of rotatable bonds is 0. The molecule has 0 radical (unpaired) electrons. The minimum atomic E-state index is -0.286. The zero-order chi connectivity index (χ0) is 7.84. The van der Waals surface area contributed by atoms with Crippen molar-refractivity contribution < 1.29 is 5.11 Å². The molecule has 60 valence electrons. The van der Waals surface area contributed by atoms with Gasteiger partial charge in [0.15, 0.2) is 0 Å². The lowest BCUT2D eigenvalue weighted by Gasteiger charge is -2.19. The highest BCUT2D eigenvalue weighted by atomic mass is 16.3. The minimum absolute atomic E-state index is 0.286. The Bertz CT molecular complexity index is 267. The summed E-state index contributed by atoms with van der Waals surface area (Å²) < 4.78 is 1.91. The fourth-order valence-corrected chi connectivity index (χ4v) is 1.67. The maximum atomic E-state index is 9.57. The lowest BCUT2D eigenvalue weighted by Crippen LogP contribution is -2.16. The third-order valence-electron chi connectivity index (χ3n) is 2.24. The number of hydrogen-bond acceptors (Lipinski definition) is 2. The summed E-state index contributed by atoms with van der Waals surface area (Å²) in [7, 11) is 0. The first-order valence-electron chi connectivity index (χ1n) is 3.99. The molecule has 11 heavy (non-hydrogen) atoms. The van der Waals surface area contributed by atoms with E-state index in [1.807, 2.05) is 17.8 Å². The molecule has 3 heteroatoms. The second-order valence-electron chi connectivity index (χ2n) is 3.09. The Kier molecular flexibility index (Phi) is 1.46. The molecular weight excluding hydrogens is 140 g/mol. The van der Waals surface area contributed by atoms with Gasteiger partial charge in [-0.25, -0.2) is 0 Å². The van der Waals surface area contributed by atoms with Crippen LogP contribution in [0, 0.1) is 6.92 Å². The normalized spacial score (nSPS) is 23.3. The Morgan fingerprint density at radius 2 is 2.55 bits per heavy atom. The standard InChI is InChI=1S/C8H12N2O/c1-6-5-9-10-4-2-3-7(11)8(6)10/h5,7,11H,2-4H2,1H3. The lowest BCUT2D eigenvalue weighted by atomic mass is 10.0. The molecule has 1 aliphatic heterocycles. The molecule has 1 aliphatic rings. The van der Waals surface area contributed by atoms with Crippen molar-refractivity contribution in [3.8, 4) is 0 Å². The summed E-state index contributed by atoms with van der Waals surface area (Å²) in [5.74, 6) is 0. The average molecular weight is 152 g/mol. The molecule has 0 spiro atoms. The maximum absolute atomic E-state index is 9.57. The summed E-state index contributed by atoms with van der Waals surface area (Å²) in [5, 5.41) is 13.7. The number of aryl methyl sites for hydroxylation is 2. The second kappa shape index (κ2) is 2.34.